The van der Waals surface area contributed by atoms with Crippen LogP contribution in [-0.2, 0) is 7.05 Å². The summed E-state index contributed by atoms with van der Waals surface area (Å²) < 4.78 is 7.69. The van der Waals surface area contributed by atoms with E-state index in [1.54, 1.807) is 6.26 Å². The van der Waals surface area contributed by atoms with Crippen molar-refractivity contribution in [1.29, 1.82) is 0 Å². The van der Waals surface area contributed by atoms with Gasteiger partial charge in [-0.3, -0.25) is 5.32 Å². The molecule has 0 amide bonds. The number of hydrogen-bond acceptors (Lipinski definition) is 4. The Hall–Kier alpha value is -1.59. The predicted octanol–water partition coefficient (Wildman–Crippen LogP) is 2.18. The lowest BCUT2D eigenvalue weighted by molar-refractivity contribution is 0.198. The van der Waals surface area contributed by atoms with Gasteiger partial charge >= 0.3 is 0 Å². The predicted molar refractivity (Wildman–Crippen MR) is 82.0 cm³/mol. The summed E-state index contributed by atoms with van der Waals surface area (Å²) in [6, 6.07) is 4.50. The van der Waals surface area contributed by atoms with Gasteiger partial charge in [0.1, 0.15) is 17.6 Å². The zero-order chi connectivity index (χ0) is 14.7. The van der Waals surface area contributed by atoms with Gasteiger partial charge in [0.05, 0.1) is 6.26 Å². The van der Waals surface area contributed by atoms with Crippen LogP contribution in [0, 0.1) is 0 Å². The molecule has 5 heteroatoms. The van der Waals surface area contributed by atoms with Crippen LogP contribution >= 0.6 is 0 Å². The first-order chi connectivity index (χ1) is 10.3. The molecule has 0 saturated carbocycles. The Labute approximate surface area is 126 Å². The Bertz CT molecular complexity index is 540. The molecule has 1 saturated heterocycles. The Morgan fingerprint density at radius 3 is 2.81 bits per heavy atom. The van der Waals surface area contributed by atoms with E-state index in [4.69, 9.17) is 4.42 Å². The highest BCUT2D eigenvalue weighted by Gasteiger charge is 2.26. The summed E-state index contributed by atoms with van der Waals surface area (Å²) in [5.74, 6) is 1.94. The smallest absolute Gasteiger partial charge is 0.133 e. The van der Waals surface area contributed by atoms with E-state index in [2.05, 4.69) is 26.7 Å². The normalized spacial score (nSPS) is 19.0. The number of aromatic nitrogens is 2. The van der Waals surface area contributed by atoms with E-state index in [1.807, 2.05) is 31.6 Å². The van der Waals surface area contributed by atoms with Crippen LogP contribution in [0.4, 0.5) is 0 Å². The molecule has 1 aliphatic heterocycles. The van der Waals surface area contributed by atoms with Crippen molar-refractivity contribution in [2.75, 3.05) is 19.6 Å². The van der Waals surface area contributed by atoms with E-state index in [1.165, 1.54) is 25.9 Å². The lowest BCUT2D eigenvalue weighted by Gasteiger charge is -2.33. The number of likely N-dealkylation sites (tertiary alicyclic amines) is 1. The SMILES string of the molecule is CCN1CCC(NC(c2ccco2)c2nccn2C)CC1. The second-order valence-electron chi connectivity index (χ2n) is 5.72. The molecule has 114 valence electrons. The van der Waals surface area contributed by atoms with Gasteiger partial charge in [0.15, 0.2) is 0 Å². The third kappa shape index (κ3) is 3.19. The molecule has 2 aromatic heterocycles. The van der Waals surface area contributed by atoms with Gasteiger partial charge in [0.2, 0.25) is 0 Å². The minimum Gasteiger partial charge on any atom is -0.467 e. The van der Waals surface area contributed by atoms with Crippen LogP contribution in [0.25, 0.3) is 0 Å². The molecule has 3 rings (SSSR count). The highest BCUT2D eigenvalue weighted by atomic mass is 16.3. The molecule has 1 aliphatic rings. The van der Waals surface area contributed by atoms with E-state index in [0.717, 1.165) is 18.1 Å². The standard InChI is InChI=1S/C16H24N4O/c1-3-20-9-6-13(7-10-20)18-15(14-5-4-12-21-14)16-17-8-11-19(16)2/h4-5,8,11-13,15,18H,3,6-7,9-10H2,1-2H3. The number of nitrogens with one attached hydrogen (secondary N) is 1. The van der Waals surface area contributed by atoms with Crippen LogP contribution < -0.4 is 5.32 Å². The second kappa shape index (κ2) is 6.45. The molecule has 0 aliphatic carbocycles. The summed E-state index contributed by atoms with van der Waals surface area (Å²) in [5, 5.41) is 3.74. The first-order valence-corrected chi connectivity index (χ1v) is 7.77. The average Bonchev–Trinajstić information content (AvgIpc) is 3.17. The van der Waals surface area contributed by atoms with Crippen molar-refractivity contribution in [3.63, 3.8) is 0 Å². The van der Waals surface area contributed by atoms with E-state index in [9.17, 15) is 0 Å². The van der Waals surface area contributed by atoms with E-state index >= 15 is 0 Å². The number of rotatable bonds is 5. The number of hydrogen-bond donors (Lipinski definition) is 1. The molecule has 1 atom stereocenters. The fourth-order valence-electron chi connectivity index (χ4n) is 3.05. The van der Waals surface area contributed by atoms with Crippen molar-refractivity contribution in [2.45, 2.75) is 31.8 Å². The minimum absolute atomic E-state index is 0.0261. The van der Waals surface area contributed by atoms with Crippen molar-refractivity contribution < 1.29 is 4.42 Å². The van der Waals surface area contributed by atoms with Crippen LogP contribution in [-0.4, -0.2) is 40.1 Å². The van der Waals surface area contributed by atoms with Crippen LogP contribution in [0.3, 0.4) is 0 Å². The molecule has 0 spiro atoms. The van der Waals surface area contributed by atoms with E-state index < -0.39 is 0 Å². The number of furan rings is 1. The van der Waals surface area contributed by atoms with Crippen molar-refractivity contribution in [3.05, 3.63) is 42.4 Å². The topological polar surface area (TPSA) is 46.2 Å². The summed E-state index contributed by atoms with van der Waals surface area (Å²) in [6.07, 6.45) is 7.90. The van der Waals surface area contributed by atoms with E-state index in [-0.39, 0.29) is 6.04 Å². The summed E-state index contributed by atoms with van der Waals surface area (Å²) in [4.78, 5) is 7.00. The molecule has 0 bridgehead atoms. The van der Waals surface area contributed by atoms with E-state index in [0.29, 0.717) is 6.04 Å². The average molecular weight is 288 g/mol. The summed E-state index contributed by atoms with van der Waals surface area (Å²) in [6.45, 7) is 5.71. The number of imidazole rings is 1. The fourth-order valence-corrected chi connectivity index (χ4v) is 3.05. The molecule has 21 heavy (non-hydrogen) atoms. The van der Waals surface area contributed by atoms with Gasteiger partial charge in [0, 0.05) is 25.5 Å². The zero-order valence-corrected chi connectivity index (χ0v) is 12.8. The fraction of sp³-hybridized carbons (Fsp3) is 0.562. The summed E-state index contributed by atoms with van der Waals surface area (Å²) in [5.41, 5.74) is 0. The van der Waals surface area contributed by atoms with Gasteiger partial charge in [-0.25, -0.2) is 4.98 Å². The van der Waals surface area contributed by atoms with Gasteiger partial charge in [-0.2, -0.15) is 0 Å². The molecular weight excluding hydrogens is 264 g/mol. The van der Waals surface area contributed by atoms with Gasteiger partial charge in [-0.15, -0.1) is 0 Å². The quantitative estimate of drug-likeness (QED) is 0.916. The van der Waals surface area contributed by atoms with Crippen LogP contribution in [0.5, 0.6) is 0 Å². The van der Waals surface area contributed by atoms with Crippen LogP contribution in [0.15, 0.2) is 35.2 Å². The third-order valence-electron chi connectivity index (χ3n) is 4.38. The Morgan fingerprint density at radius 2 is 2.24 bits per heavy atom. The lowest BCUT2D eigenvalue weighted by atomic mass is 10.0. The lowest BCUT2D eigenvalue weighted by Crippen LogP contribution is -2.44. The van der Waals surface area contributed by atoms with Crippen molar-refractivity contribution in [3.8, 4) is 0 Å². The van der Waals surface area contributed by atoms with Gasteiger partial charge in [-0.1, -0.05) is 6.92 Å². The first-order valence-electron chi connectivity index (χ1n) is 7.77. The zero-order valence-electron chi connectivity index (χ0n) is 12.8. The largest absolute Gasteiger partial charge is 0.467 e. The summed E-state index contributed by atoms with van der Waals surface area (Å²) in [7, 11) is 2.03. The monoisotopic (exact) mass is 288 g/mol. The summed E-state index contributed by atoms with van der Waals surface area (Å²) >= 11 is 0. The molecule has 2 aromatic rings. The van der Waals surface area contributed by atoms with Gasteiger partial charge < -0.3 is 13.9 Å². The minimum atomic E-state index is 0.0261. The van der Waals surface area contributed by atoms with Crippen molar-refractivity contribution >= 4 is 0 Å². The molecule has 1 unspecified atom stereocenters. The maximum Gasteiger partial charge on any atom is 0.133 e. The highest BCUT2D eigenvalue weighted by Crippen LogP contribution is 2.23. The molecule has 0 aromatic carbocycles. The molecule has 5 nitrogen and oxygen atoms in total. The van der Waals surface area contributed by atoms with Crippen LogP contribution in [0.1, 0.15) is 37.4 Å². The molecule has 3 heterocycles. The number of aryl methyl sites for hydroxylation is 1. The maximum atomic E-state index is 5.63. The van der Waals surface area contributed by atoms with Crippen molar-refractivity contribution in [2.24, 2.45) is 7.05 Å². The Kier molecular flexibility index (Phi) is 4.41. The first kappa shape index (κ1) is 14.4. The second-order valence-corrected chi connectivity index (χ2v) is 5.72. The molecule has 1 fully saturated rings. The highest BCUT2D eigenvalue weighted by molar-refractivity contribution is 5.16. The number of nitrogens with zero attached hydrogens (tertiary/aromatic N) is 3. The molecule has 1 N–H and O–H groups in total. The number of piperidine rings is 1. The Balaban J connectivity index is 1.74. The molecule has 0 radical (unpaired) electrons. The maximum absolute atomic E-state index is 5.63. The van der Waals surface area contributed by atoms with Crippen LogP contribution in [0.2, 0.25) is 0 Å². The van der Waals surface area contributed by atoms with Gasteiger partial charge in [-0.05, 0) is 44.6 Å². The third-order valence-corrected chi connectivity index (χ3v) is 4.38. The van der Waals surface area contributed by atoms with Crippen molar-refractivity contribution in [1.82, 2.24) is 19.8 Å². The molecular formula is C16H24N4O. The Morgan fingerprint density at radius 1 is 1.43 bits per heavy atom. The van der Waals surface area contributed by atoms with Gasteiger partial charge in [0.25, 0.3) is 0 Å².